The van der Waals surface area contributed by atoms with Gasteiger partial charge in [-0.15, -0.1) is 0 Å². The van der Waals surface area contributed by atoms with Gasteiger partial charge in [0.05, 0.1) is 36.6 Å². The smallest absolute Gasteiger partial charge is 0.324 e. The third kappa shape index (κ3) is 6.86. The van der Waals surface area contributed by atoms with E-state index in [2.05, 4.69) is 56.7 Å². The second-order valence-electron chi connectivity index (χ2n) is 11.4. The van der Waals surface area contributed by atoms with Crippen molar-refractivity contribution in [3.8, 4) is 17.3 Å². The summed E-state index contributed by atoms with van der Waals surface area (Å²) in [5.74, 6) is 2.91. The standard InChI is InChI=1S/C34H33N9O3/c1-34(2,3)28-18-31(43(42-28)23-9-12-32(45-4)38-19-23)41-33(44)39-26-10-11-27(25-8-6-5-7-24(25)26)46-21-22-13-14-36-29(17-22)40-30-20-35-15-16-37-30/h5-20H,21H2,1-4H3,(H,36,37,40)(H2,39,41,44). The first-order chi connectivity index (χ1) is 22.3. The number of carbonyl (C=O) groups excluding carboxylic acids is 1. The van der Waals surface area contributed by atoms with Gasteiger partial charge in [0.25, 0.3) is 0 Å². The molecule has 0 fully saturated rings. The number of aromatic nitrogens is 6. The molecule has 0 aliphatic heterocycles. The average molecular weight is 616 g/mol. The van der Waals surface area contributed by atoms with E-state index in [1.807, 2.05) is 60.7 Å². The van der Waals surface area contributed by atoms with Gasteiger partial charge < -0.3 is 20.1 Å². The normalized spacial score (nSPS) is 11.2. The number of amides is 2. The fourth-order valence-electron chi connectivity index (χ4n) is 4.72. The first-order valence-corrected chi connectivity index (χ1v) is 14.6. The summed E-state index contributed by atoms with van der Waals surface area (Å²) in [7, 11) is 1.56. The zero-order valence-corrected chi connectivity index (χ0v) is 25.9. The van der Waals surface area contributed by atoms with Crippen LogP contribution in [0.2, 0.25) is 0 Å². The Morgan fingerprint density at radius 3 is 2.41 bits per heavy atom. The molecular formula is C34H33N9O3. The van der Waals surface area contributed by atoms with Crippen LogP contribution < -0.4 is 25.4 Å². The Kier molecular flexibility index (Phi) is 8.42. The van der Waals surface area contributed by atoms with Gasteiger partial charge in [-0.2, -0.15) is 5.10 Å². The lowest BCUT2D eigenvalue weighted by Gasteiger charge is -2.15. The number of methoxy groups -OCH3 is 1. The molecule has 4 heterocycles. The van der Waals surface area contributed by atoms with E-state index in [1.54, 1.807) is 48.8 Å². The minimum atomic E-state index is -0.415. The maximum atomic E-state index is 13.4. The van der Waals surface area contributed by atoms with Crippen molar-refractivity contribution in [3.63, 3.8) is 0 Å². The number of nitrogens with zero attached hydrogens (tertiary/aromatic N) is 6. The summed E-state index contributed by atoms with van der Waals surface area (Å²) in [5, 5.41) is 15.6. The lowest BCUT2D eigenvalue weighted by atomic mass is 9.92. The maximum absolute atomic E-state index is 13.4. The molecule has 0 unspecified atom stereocenters. The Labute approximate surface area is 265 Å². The lowest BCUT2D eigenvalue weighted by molar-refractivity contribution is 0.262. The van der Waals surface area contributed by atoms with Crippen LogP contribution >= 0.6 is 0 Å². The van der Waals surface area contributed by atoms with E-state index in [4.69, 9.17) is 14.6 Å². The molecule has 2 amide bonds. The molecule has 0 atom stereocenters. The number of ether oxygens (including phenoxy) is 2. The van der Waals surface area contributed by atoms with Crippen LogP contribution in [0.4, 0.5) is 27.9 Å². The molecule has 12 nitrogen and oxygen atoms in total. The van der Waals surface area contributed by atoms with E-state index in [1.165, 1.54) is 0 Å². The second-order valence-corrected chi connectivity index (χ2v) is 11.4. The highest BCUT2D eigenvalue weighted by atomic mass is 16.5. The van der Waals surface area contributed by atoms with Crippen LogP contribution in [0.3, 0.4) is 0 Å². The number of benzene rings is 2. The molecule has 232 valence electrons. The molecule has 0 radical (unpaired) electrons. The summed E-state index contributed by atoms with van der Waals surface area (Å²) in [6.07, 6.45) is 8.21. The van der Waals surface area contributed by atoms with Crippen LogP contribution in [-0.2, 0) is 12.0 Å². The third-order valence-electron chi connectivity index (χ3n) is 7.06. The molecule has 4 aromatic heterocycles. The van der Waals surface area contributed by atoms with Crippen molar-refractivity contribution < 1.29 is 14.3 Å². The average Bonchev–Trinajstić information content (AvgIpc) is 3.49. The monoisotopic (exact) mass is 615 g/mol. The van der Waals surface area contributed by atoms with E-state index in [9.17, 15) is 4.79 Å². The van der Waals surface area contributed by atoms with Crippen LogP contribution in [-0.4, -0.2) is 42.9 Å². The van der Waals surface area contributed by atoms with E-state index in [0.29, 0.717) is 47.1 Å². The third-order valence-corrected chi connectivity index (χ3v) is 7.06. The van der Waals surface area contributed by atoms with Gasteiger partial charge >= 0.3 is 6.03 Å². The first kappa shape index (κ1) is 30.0. The van der Waals surface area contributed by atoms with Crippen molar-refractivity contribution >= 4 is 39.9 Å². The van der Waals surface area contributed by atoms with Crippen molar-refractivity contribution in [2.45, 2.75) is 32.8 Å². The van der Waals surface area contributed by atoms with Gasteiger partial charge in [0.15, 0.2) is 0 Å². The summed E-state index contributed by atoms with van der Waals surface area (Å²) < 4.78 is 13.1. The fraction of sp³-hybridized carbons (Fsp3) is 0.176. The Hall–Kier alpha value is -6.04. The van der Waals surface area contributed by atoms with Crippen molar-refractivity contribution in [2.75, 3.05) is 23.1 Å². The predicted octanol–water partition coefficient (Wildman–Crippen LogP) is 6.88. The number of fused-ring (bicyclic) bond motifs is 1. The van der Waals surface area contributed by atoms with Crippen LogP contribution in [0.25, 0.3) is 16.5 Å². The number of hydrogen-bond donors (Lipinski definition) is 3. The summed E-state index contributed by atoms with van der Waals surface area (Å²) >= 11 is 0. The highest BCUT2D eigenvalue weighted by molar-refractivity contribution is 6.07. The first-order valence-electron chi connectivity index (χ1n) is 14.6. The van der Waals surface area contributed by atoms with Crippen molar-refractivity contribution in [3.05, 3.63) is 109 Å². The van der Waals surface area contributed by atoms with Gasteiger partial charge in [-0.1, -0.05) is 45.0 Å². The van der Waals surface area contributed by atoms with Crippen LogP contribution in [0.5, 0.6) is 11.6 Å². The minimum absolute atomic E-state index is 0.241. The molecule has 0 spiro atoms. The van der Waals surface area contributed by atoms with E-state index >= 15 is 0 Å². The molecule has 12 heteroatoms. The molecule has 0 aliphatic rings. The fourth-order valence-corrected chi connectivity index (χ4v) is 4.72. The summed E-state index contributed by atoms with van der Waals surface area (Å²) in [5.41, 5.74) is 2.81. The van der Waals surface area contributed by atoms with Crippen molar-refractivity contribution in [2.24, 2.45) is 0 Å². The molecule has 2 aromatic carbocycles. The number of nitrogens with one attached hydrogen (secondary N) is 3. The molecule has 6 aromatic rings. The number of carbonyl (C=O) groups is 1. The summed E-state index contributed by atoms with van der Waals surface area (Å²) in [4.78, 5) is 30.3. The Bertz CT molecular complexity index is 1970. The van der Waals surface area contributed by atoms with Crippen molar-refractivity contribution in [1.82, 2.24) is 29.7 Å². The van der Waals surface area contributed by atoms with Gasteiger partial charge in [-0.3, -0.25) is 10.3 Å². The zero-order chi connectivity index (χ0) is 32.1. The second kappa shape index (κ2) is 12.9. The summed E-state index contributed by atoms with van der Waals surface area (Å²) in [6, 6.07) is 20.3. The molecule has 46 heavy (non-hydrogen) atoms. The quantitative estimate of drug-likeness (QED) is 0.159. The number of urea groups is 1. The molecular weight excluding hydrogens is 582 g/mol. The Balaban J connectivity index is 1.19. The van der Waals surface area contributed by atoms with Gasteiger partial charge in [-0.05, 0) is 35.9 Å². The molecule has 0 saturated carbocycles. The molecule has 0 aliphatic carbocycles. The molecule has 0 bridgehead atoms. The highest BCUT2D eigenvalue weighted by Gasteiger charge is 2.22. The lowest BCUT2D eigenvalue weighted by Crippen LogP contribution is -2.21. The SMILES string of the molecule is COc1ccc(-n2nc(C(C)(C)C)cc2NC(=O)Nc2ccc(OCc3ccnc(Nc4cnccn4)c3)c3ccccc23)cn1. The number of pyridine rings is 2. The Morgan fingerprint density at radius 1 is 0.848 bits per heavy atom. The van der Waals surface area contributed by atoms with Gasteiger partial charge in [0.1, 0.15) is 29.8 Å². The zero-order valence-electron chi connectivity index (χ0n) is 25.9. The molecule has 3 N–H and O–H groups in total. The van der Waals surface area contributed by atoms with Gasteiger partial charge in [-0.25, -0.2) is 24.4 Å². The van der Waals surface area contributed by atoms with E-state index < -0.39 is 6.03 Å². The van der Waals surface area contributed by atoms with Crippen LogP contribution in [0.1, 0.15) is 32.0 Å². The molecule has 0 saturated heterocycles. The van der Waals surface area contributed by atoms with Crippen molar-refractivity contribution in [1.29, 1.82) is 0 Å². The largest absolute Gasteiger partial charge is 0.488 e. The number of anilines is 4. The molecule has 6 rings (SSSR count). The Morgan fingerprint density at radius 2 is 1.67 bits per heavy atom. The van der Waals surface area contributed by atoms with Gasteiger partial charge in [0, 0.05) is 46.9 Å². The number of hydrogen-bond acceptors (Lipinski definition) is 9. The number of rotatable bonds is 9. The maximum Gasteiger partial charge on any atom is 0.324 e. The summed E-state index contributed by atoms with van der Waals surface area (Å²) in [6.45, 7) is 6.51. The van der Waals surface area contributed by atoms with Crippen LogP contribution in [0, 0.1) is 0 Å². The van der Waals surface area contributed by atoms with E-state index in [0.717, 1.165) is 22.0 Å². The predicted molar refractivity (Wildman–Crippen MR) is 177 cm³/mol. The minimum Gasteiger partial charge on any atom is -0.488 e. The highest BCUT2D eigenvalue weighted by Crippen LogP contribution is 2.33. The topological polar surface area (TPSA) is 141 Å². The van der Waals surface area contributed by atoms with E-state index in [-0.39, 0.29) is 5.41 Å². The van der Waals surface area contributed by atoms with Crippen LogP contribution in [0.15, 0.2) is 97.7 Å². The van der Waals surface area contributed by atoms with Gasteiger partial charge in [0.2, 0.25) is 5.88 Å².